The Balaban J connectivity index is 1.52. The molecule has 33 heavy (non-hydrogen) atoms. The molecule has 6 heteroatoms. The zero-order valence-corrected chi connectivity index (χ0v) is 18.4. The fourth-order valence-electron chi connectivity index (χ4n) is 3.50. The Morgan fingerprint density at radius 2 is 1.70 bits per heavy atom. The summed E-state index contributed by atoms with van der Waals surface area (Å²) in [4.78, 5) is 25.3. The Labute approximate surface area is 192 Å². The van der Waals surface area contributed by atoms with Gasteiger partial charge in [0.25, 0.3) is 11.8 Å². The fourth-order valence-corrected chi connectivity index (χ4v) is 3.50. The second kappa shape index (κ2) is 9.87. The van der Waals surface area contributed by atoms with Crippen molar-refractivity contribution in [2.75, 3.05) is 17.7 Å². The average Bonchev–Trinajstić information content (AvgIpc) is 3.37. The van der Waals surface area contributed by atoms with Gasteiger partial charge in [-0.1, -0.05) is 36.4 Å². The van der Waals surface area contributed by atoms with Gasteiger partial charge in [-0.3, -0.25) is 9.59 Å². The van der Waals surface area contributed by atoms with E-state index in [4.69, 9.17) is 9.15 Å². The first-order valence-electron chi connectivity index (χ1n) is 10.5. The Hall–Kier alpha value is -4.32. The van der Waals surface area contributed by atoms with Gasteiger partial charge in [-0.25, -0.2) is 0 Å². The molecule has 0 unspecified atom stereocenters. The lowest BCUT2D eigenvalue weighted by molar-refractivity contribution is 0.0993. The second-order valence-electron chi connectivity index (χ2n) is 7.60. The highest BCUT2D eigenvalue weighted by atomic mass is 16.5. The number of carbonyl (C=O) groups excluding carboxylic acids is 2. The van der Waals surface area contributed by atoms with Gasteiger partial charge in [0, 0.05) is 28.9 Å². The number of nitrogens with one attached hydrogen (secondary N) is 2. The van der Waals surface area contributed by atoms with Gasteiger partial charge in [0.05, 0.1) is 13.4 Å². The quantitative estimate of drug-likeness (QED) is 0.387. The van der Waals surface area contributed by atoms with Gasteiger partial charge >= 0.3 is 0 Å². The summed E-state index contributed by atoms with van der Waals surface area (Å²) in [6.07, 6.45) is 2.12. The molecule has 6 nitrogen and oxygen atoms in total. The van der Waals surface area contributed by atoms with Crippen LogP contribution in [0, 0.1) is 6.92 Å². The summed E-state index contributed by atoms with van der Waals surface area (Å²) in [6, 6.07) is 24.0. The van der Waals surface area contributed by atoms with Crippen LogP contribution in [0.15, 0.2) is 89.5 Å². The van der Waals surface area contributed by atoms with Crippen molar-refractivity contribution in [2.45, 2.75) is 13.3 Å². The van der Waals surface area contributed by atoms with E-state index >= 15 is 0 Å². The van der Waals surface area contributed by atoms with Crippen LogP contribution in [-0.2, 0) is 6.42 Å². The summed E-state index contributed by atoms with van der Waals surface area (Å²) in [5.74, 6) is 0.309. The van der Waals surface area contributed by atoms with Crippen molar-refractivity contribution >= 4 is 23.2 Å². The van der Waals surface area contributed by atoms with E-state index in [2.05, 4.69) is 22.8 Å². The number of rotatable bonds is 7. The third kappa shape index (κ3) is 5.30. The lowest BCUT2D eigenvalue weighted by atomic mass is 10.0. The monoisotopic (exact) mass is 440 g/mol. The molecule has 0 atom stereocenters. The van der Waals surface area contributed by atoms with Gasteiger partial charge < -0.3 is 19.8 Å². The minimum Gasteiger partial charge on any atom is -0.496 e. The Morgan fingerprint density at radius 3 is 2.42 bits per heavy atom. The number of methoxy groups -OCH3 is 1. The summed E-state index contributed by atoms with van der Waals surface area (Å²) in [6.45, 7) is 1.86. The van der Waals surface area contributed by atoms with E-state index in [0.717, 1.165) is 22.4 Å². The highest BCUT2D eigenvalue weighted by Gasteiger charge is 2.14. The molecule has 2 amide bonds. The predicted molar refractivity (Wildman–Crippen MR) is 128 cm³/mol. The van der Waals surface area contributed by atoms with Crippen molar-refractivity contribution in [1.82, 2.24) is 0 Å². The molecule has 4 rings (SSSR count). The molecule has 0 saturated carbocycles. The molecular formula is C27H24N2O4. The van der Waals surface area contributed by atoms with Crippen molar-refractivity contribution < 1.29 is 18.7 Å². The number of ether oxygens (including phenoxy) is 1. The van der Waals surface area contributed by atoms with Crippen LogP contribution in [0.3, 0.4) is 0 Å². The van der Waals surface area contributed by atoms with Crippen LogP contribution < -0.4 is 15.4 Å². The van der Waals surface area contributed by atoms with Gasteiger partial charge in [0.1, 0.15) is 5.75 Å². The number of anilines is 2. The number of hydrogen-bond acceptors (Lipinski definition) is 4. The van der Waals surface area contributed by atoms with Gasteiger partial charge in [-0.2, -0.15) is 0 Å². The van der Waals surface area contributed by atoms with Crippen molar-refractivity contribution in [3.05, 3.63) is 113 Å². The Morgan fingerprint density at radius 1 is 0.879 bits per heavy atom. The molecule has 166 valence electrons. The van der Waals surface area contributed by atoms with E-state index in [-0.39, 0.29) is 17.6 Å². The van der Waals surface area contributed by atoms with Crippen molar-refractivity contribution in [2.24, 2.45) is 0 Å². The van der Waals surface area contributed by atoms with Crippen molar-refractivity contribution in [3.63, 3.8) is 0 Å². The van der Waals surface area contributed by atoms with E-state index < -0.39 is 0 Å². The molecule has 0 fully saturated rings. The first-order chi connectivity index (χ1) is 16.0. The molecule has 0 aliphatic carbocycles. The van der Waals surface area contributed by atoms with Crippen LogP contribution in [0.5, 0.6) is 5.75 Å². The zero-order valence-electron chi connectivity index (χ0n) is 18.4. The smallest absolute Gasteiger partial charge is 0.291 e. The van der Waals surface area contributed by atoms with Crippen LogP contribution in [0.25, 0.3) is 0 Å². The molecule has 2 N–H and O–H groups in total. The zero-order chi connectivity index (χ0) is 23.2. The molecule has 1 aromatic heterocycles. The standard InChI is InChI=1S/C27H24N2O4/c1-18-10-11-20(17-23(18)29-27(31)25-9-6-14-33-25)26(30)28-22-12-13-24(32-2)21(16-22)15-19-7-4-3-5-8-19/h3-14,16-17H,15H2,1-2H3,(H,28,30)(H,29,31). The van der Waals surface area contributed by atoms with Crippen molar-refractivity contribution in [3.8, 4) is 5.75 Å². The Kier molecular flexibility index (Phi) is 6.55. The van der Waals surface area contributed by atoms with Crippen LogP contribution in [0.4, 0.5) is 11.4 Å². The van der Waals surface area contributed by atoms with Crippen LogP contribution in [0.1, 0.15) is 37.6 Å². The van der Waals surface area contributed by atoms with Gasteiger partial charge in [0.15, 0.2) is 5.76 Å². The average molecular weight is 440 g/mol. The van der Waals surface area contributed by atoms with Crippen molar-refractivity contribution in [1.29, 1.82) is 0 Å². The topological polar surface area (TPSA) is 80.6 Å². The summed E-state index contributed by atoms with van der Waals surface area (Å²) in [7, 11) is 1.63. The number of benzene rings is 3. The normalized spacial score (nSPS) is 10.5. The molecular weight excluding hydrogens is 416 g/mol. The fraction of sp³-hybridized carbons (Fsp3) is 0.111. The number of hydrogen-bond donors (Lipinski definition) is 2. The number of aryl methyl sites for hydroxylation is 1. The highest BCUT2D eigenvalue weighted by molar-refractivity contribution is 6.07. The summed E-state index contributed by atoms with van der Waals surface area (Å²) < 4.78 is 10.6. The molecule has 0 aliphatic rings. The van der Waals surface area contributed by atoms with E-state index in [1.807, 2.05) is 37.3 Å². The minimum absolute atomic E-state index is 0.202. The molecule has 0 bridgehead atoms. The molecule has 0 aliphatic heterocycles. The van der Waals surface area contributed by atoms with Crippen LogP contribution in [-0.4, -0.2) is 18.9 Å². The van der Waals surface area contributed by atoms with E-state index in [1.54, 1.807) is 43.5 Å². The first-order valence-corrected chi connectivity index (χ1v) is 10.5. The molecule has 0 radical (unpaired) electrons. The van der Waals surface area contributed by atoms with Gasteiger partial charge in [-0.05, 0) is 60.5 Å². The molecule has 0 spiro atoms. The lowest BCUT2D eigenvalue weighted by Crippen LogP contribution is -2.15. The maximum atomic E-state index is 12.9. The third-order valence-corrected chi connectivity index (χ3v) is 5.27. The maximum Gasteiger partial charge on any atom is 0.291 e. The molecule has 3 aromatic carbocycles. The van der Waals surface area contributed by atoms with Crippen LogP contribution in [0.2, 0.25) is 0 Å². The van der Waals surface area contributed by atoms with E-state index in [1.165, 1.54) is 6.26 Å². The summed E-state index contributed by atoms with van der Waals surface area (Å²) in [5, 5.41) is 5.73. The molecule has 1 heterocycles. The molecule has 0 saturated heterocycles. The maximum absolute atomic E-state index is 12.9. The van der Waals surface area contributed by atoms with Crippen LogP contribution >= 0.6 is 0 Å². The second-order valence-corrected chi connectivity index (χ2v) is 7.60. The highest BCUT2D eigenvalue weighted by Crippen LogP contribution is 2.26. The summed E-state index contributed by atoms with van der Waals surface area (Å²) in [5.41, 5.74) is 4.58. The van der Waals surface area contributed by atoms with E-state index in [0.29, 0.717) is 23.4 Å². The lowest BCUT2D eigenvalue weighted by Gasteiger charge is -2.13. The SMILES string of the molecule is COc1ccc(NC(=O)c2ccc(C)c(NC(=O)c3ccco3)c2)cc1Cc1ccccc1. The number of furan rings is 1. The first kappa shape index (κ1) is 21.9. The summed E-state index contributed by atoms with van der Waals surface area (Å²) >= 11 is 0. The minimum atomic E-state index is -0.374. The van der Waals surface area contributed by atoms with Gasteiger partial charge in [0.2, 0.25) is 0 Å². The van der Waals surface area contributed by atoms with Gasteiger partial charge in [-0.15, -0.1) is 0 Å². The number of amides is 2. The largest absolute Gasteiger partial charge is 0.496 e. The predicted octanol–water partition coefficient (Wildman–Crippen LogP) is 5.69. The van der Waals surface area contributed by atoms with E-state index in [9.17, 15) is 9.59 Å². The third-order valence-electron chi connectivity index (χ3n) is 5.27. The molecule has 4 aromatic rings. The Bertz CT molecular complexity index is 1260. The number of carbonyl (C=O) groups is 2.